The van der Waals surface area contributed by atoms with Crippen molar-refractivity contribution in [2.75, 3.05) is 0 Å². The molecular formula is C34H34N8. The summed E-state index contributed by atoms with van der Waals surface area (Å²) in [5.41, 5.74) is 5.34. The molecule has 0 aliphatic carbocycles. The summed E-state index contributed by atoms with van der Waals surface area (Å²) < 4.78 is 0. The van der Waals surface area contributed by atoms with E-state index in [1.54, 1.807) is 24.7 Å². The van der Waals surface area contributed by atoms with Gasteiger partial charge in [0.2, 0.25) is 0 Å². The normalized spacial score (nSPS) is 12.5. The molecule has 0 amide bonds. The van der Waals surface area contributed by atoms with Crippen LogP contribution in [0.15, 0.2) is 115 Å². The summed E-state index contributed by atoms with van der Waals surface area (Å²) >= 11 is 0. The maximum absolute atomic E-state index is 4.91. The molecule has 4 heterocycles. The summed E-state index contributed by atoms with van der Waals surface area (Å²) in [5, 5.41) is 0. The van der Waals surface area contributed by atoms with Crippen LogP contribution in [0.25, 0.3) is 22.7 Å². The van der Waals surface area contributed by atoms with Crippen molar-refractivity contribution in [3.05, 3.63) is 133 Å². The van der Waals surface area contributed by atoms with Gasteiger partial charge in [0.15, 0.2) is 11.6 Å². The smallest absolute Gasteiger partial charge is 0.165 e. The second-order valence-electron chi connectivity index (χ2n) is 9.22. The van der Waals surface area contributed by atoms with E-state index in [2.05, 4.69) is 46.1 Å². The Bertz CT molecular complexity index is 1630. The zero-order chi connectivity index (χ0) is 29.7. The second-order valence-corrected chi connectivity index (χ2v) is 9.22. The molecule has 0 atom stereocenters. The molecule has 0 saturated heterocycles. The average Bonchev–Trinajstić information content (AvgIpc) is 3.02. The molecule has 0 radical (unpaired) electrons. The third kappa shape index (κ3) is 8.14. The van der Waals surface area contributed by atoms with Crippen molar-refractivity contribution in [1.82, 2.24) is 29.9 Å². The van der Waals surface area contributed by atoms with Crippen LogP contribution in [0.1, 0.15) is 55.4 Å². The number of allylic oxidation sites excluding steroid dienone is 5. The van der Waals surface area contributed by atoms with Crippen LogP contribution in [0, 0.1) is 6.92 Å². The van der Waals surface area contributed by atoms with E-state index in [0.717, 1.165) is 34.7 Å². The highest BCUT2D eigenvalue weighted by molar-refractivity contribution is 6.07. The maximum Gasteiger partial charge on any atom is 0.165 e. The lowest BCUT2D eigenvalue weighted by molar-refractivity contribution is 0.958. The third-order valence-corrected chi connectivity index (χ3v) is 6.05. The van der Waals surface area contributed by atoms with E-state index in [4.69, 9.17) is 20.0 Å². The molecule has 8 heteroatoms. The van der Waals surface area contributed by atoms with Crippen molar-refractivity contribution in [2.45, 2.75) is 40.0 Å². The molecule has 0 spiro atoms. The summed E-state index contributed by atoms with van der Waals surface area (Å²) in [7, 11) is 0. The minimum atomic E-state index is 0.389. The average molecular weight is 555 g/mol. The molecule has 0 fully saturated rings. The van der Waals surface area contributed by atoms with Gasteiger partial charge < -0.3 is 0 Å². The Balaban J connectivity index is 1.66. The number of rotatable bonds is 11. The van der Waals surface area contributed by atoms with Crippen molar-refractivity contribution < 1.29 is 0 Å². The molecule has 42 heavy (non-hydrogen) atoms. The highest BCUT2D eigenvalue weighted by Gasteiger charge is 2.12. The molecule has 0 bridgehead atoms. The molecule has 8 nitrogen and oxygen atoms in total. The van der Waals surface area contributed by atoms with Crippen molar-refractivity contribution in [2.24, 2.45) is 9.98 Å². The fraction of sp³-hybridized carbons (Fsp3) is 0.176. The topological polar surface area (TPSA) is 102 Å². The van der Waals surface area contributed by atoms with E-state index in [9.17, 15) is 0 Å². The van der Waals surface area contributed by atoms with Gasteiger partial charge in [-0.25, -0.2) is 24.9 Å². The lowest BCUT2D eigenvalue weighted by Crippen LogP contribution is -2.10. The molecule has 0 aromatic carbocycles. The van der Waals surface area contributed by atoms with Gasteiger partial charge in [-0.15, -0.1) is 0 Å². The van der Waals surface area contributed by atoms with Crippen molar-refractivity contribution in [3.8, 4) is 11.4 Å². The molecule has 0 unspecified atom stereocenters. The summed E-state index contributed by atoms with van der Waals surface area (Å²) in [6.07, 6.45) is 14.8. The highest BCUT2D eigenvalue weighted by Crippen LogP contribution is 2.20. The van der Waals surface area contributed by atoms with Crippen LogP contribution >= 0.6 is 0 Å². The molecule has 210 valence electrons. The van der Waals surface area contributed by atoms with Crippen LogP contribution in [-0.2, 0) is 6.42 Å². The first-order valence-electron chi connectivity index (χ1n) is 13.8. The fourth-order valence-corrected chi connectivity index (χ4v) is 4.05. The van der Waals surface area contributed by atoms with Gasteiger partial charge in [0.25, 0.3) is 0 Å². The van der Waals surface area contributed by atoms with E-state index in [1.807, 2.05) is 74.5 Å². The summed E-state index contributed by atoms with van der Waals surface area (Å²) in [4.78, 5) is 37.1. The largest absolute Gasteiger partial charge is 0.260 e. The van der Waals surface area contributed by atoms with Crippen LogP contribution in [-0.4, -0.2) is 41.5 Å². The van der Waals surface area contributed by atoms with Gasteiger partial charge in [-0.1, -0.05) is 63.4 Å². The van der Waals surface area contributed by atoms with Crippen molar-refractivity contribution in [3.63, 3.8) is 0 Å². The van der Waals surface area contributed by atoms with Gasteiger partial charge in [0, 0.05) is 35.4 Å². The fourth-order valence-electron chi connectivity index (χ4n) is 4.05. The Morgan fingerprint density at radius 1 is 0.881 bits per heavy atom. The highest BCUT2D eigenvalue weighted by atomic mass is 15.0. The van der Waals surface area contributed by atoms with Gasteiger partial charge in [-0.2, -0.15) is 0 Å². The molecule has 4 aromatic heterocycles. The number of pyridine rings is 3. The molecule has 0 N–H and O–H groups in total. The van der Waals surface area contributed by atoms with Crippen LogP contribution in [0.2, 0.25) is 0 Å². The first-order chi connectivity index (χ1) is 20.5. The van der Waals surface area contributed by atoms with Gasteiger partial charge in [0.1, 0.15) is 11.7 Å². The summed E-state index contributed by atoms with van der Waals surface area (Å²) in [5.74, 6) is 2.37. The zero-order valence-corrected chi connectivity index (χ0v) is 24.3. The lowest BCUT2D eigenvalue weighted by atomic mass is 10.1. The Labute approximate surface area is 247 Å². The summed E-state index contributed by atoms with van der Waals surface area (Å²) in [6.45, 7) is 13.9. The molecular weight excluding hydrogens is 520 g/mol. The predicted molar refractivity (Wildman–Crippen MR) is 171 cm³/mol. The van der Waals surface area contributed by atoms with E-state index in [-0.39, 0.29) is 0 Å². The Morgan fingerprint density at radius 3 is 2.26 bits per heavy atom. The second kappa shape index (κ2) is 14.9. The van der Waals surface area contributed by atoms with Gasteiger partial charge >= 0.3 is 0 Å². The number of hydrogen-bond acceptors (Lipinski definition) is 7. The minimum Gasteiger partial charge on any atom is -0.260 e. The van der Waals surface area contributed by atoms with Gasteiger partial charge in [-0.05, 0) is 56.2 Å². The van der Waals surface area contributed by atoms with E-state index < -0.39 is 0 Å². The molecule has 0 aliphatic rings. The number of nitrogens with zero attached hydrogens (tertiary/aromatic N) is 8. The molecule has 0 aliphatic heterocycles. The number of aryl methyl sites for hydroxylation is 1. The predicted octanol–water partition coefficient (Wildman–Crippen LogP) is 7.08. The van der Waals surface area contributed by atoms with Crippen molar-refractivity contribution in [1.29, 1.82) is 0 Å². The molecule has 4 rings (SSSR count). The Morgan fingerprint density at radius 2 is 1.64 bits per heavy atom. The number of hydrogen-bond donors (Lipinski definition) is 0. The number of aromatic nitrogens is 6. The monoisotopic (exact) mass is 554 g/mol. The van der Waals surface area contributed by atoms with Crippen LogP contribution in [0.4, 0.5) is 0 Å². The zero-order valence-electron chi connectivity index (χ0n) is 24.3. The summed E-state index contributed by atoms with van der Waals surface area (Å²) in [6, 6.07) is 15.3. The maximum atomic E-state index is 4.91. The molecule has 4 aromatic rings. The van der Waals surface area contributed by atoms with E-state index in [1.165, 1.54) is 0 Å². The number of aliphatic imine (C=N–C) groups is 2. The Kier molecular flexibility index (Phi) is 10.6. The van der Waals surface area contributed by atoms with E-state index >= 15 is 0 Å². The SMILES string of the molecule is C=C/C=C\C(=C/CC)c1nc(C)nc(-c2ccc(CC(=NC(=C)c3ccccn3)N=C(CC)c3ccccn3)nc2)n1. The molecule has 0 saturated carbocycles. The van der Waals surface area contributed by atoms with Crippen LogP contribution in [0.3, 0.4) is 0 Å². The third-order valence-electron chi connectivity index (χ3n) is 6.05. The van der Waals surface area contributed by atoms with Crippen LogP contribution in [0.5, 0.6) is 0 Å². The van der Waals surface area contributed by atoms with Gasteiger partial charge in [0.05, 0.1) is 29.2 Å². The van der Waals surface area contributed by atoms with Gasteiger partial charge in [-0.3, -0.25) is 15.0 Å². The van der Waals surface area contributed by atoms with E-state index in [0.29, 0.717) is 47.5 Å². The quantitative estimate of drug-likeness (QED) is 0.112. The first-order valence-corrected chi connectivity index (χ1v) is 13.8. The van der Waals surface area contributed by atoms with Crippen LogP contribution < -0.4 is 0 Å². The number of amidine groups is 1. The lowest BCUT2D eigenvalue weighted by Gasteiger charge is -2.09. The first kappa shape index (κ1) is 29.7. The Hall–Kier alpha value is -5.24. The minimum absolute atomic E-state index is 0.389. The van der Waals surface area contributed by atoms with Crippen molar-refractivity contribution >= 4 is 22.8 Å². The standard InChI is InChI=1S/C34H34N8/c1-6-9-15-26(14-7-2)33-39-25(5)40-34(42-33)27-18-19-28(37-23-27)22-32(38-24(4)30-16-10-12-20-35-30)41-29(8-3)31-17-11-13-21-36-31/h6,9-21,23H,1,4,7-8,22H2,2-3,5H3/b15-9-,26-14+,38-32?,41-29?.